The number of nitrogens with zero attached hydrogens (tertiary/aromatic N) is 1. The van der Waals surface area contributed by atoms with E-state index in [0.29, 0.717) is 0 Å². The third kappa shape index (κ3) is 3.61. The van der Waals surface area contributed by atoms with E-state index in [1.807, 2.05) is 6.92 Å². The number of non-ortho nitro benzene ring substituents is 1. The molecular formula is C16H17BrN2O2. The molecule has 2 rings (SSSR count). The standard InChI is InChI=1S/C16H17BrN2O2/c1-10-8-14(17)9-11(2)16(10)18-12(3)13-4-6-15(7-5-13)19(20)21/h4-9,12,18H,1-3H3. The minimum Gasteiger partial charge on any atom is -0.378 e. The van der Waals surface area contributed by atoms with Crippen molar-refractivity contribution in [3.05, 3.63) is 67.7 Å². The SMILES string of the molecule is Cc1cc(Br)cc(C)c1NC(C)c1ccc([N+](=O)[O-])cc1. The van der Waals surface area contributed by atoms with Gasteiger partial charge in [0.15, 0.2) is 0 Å². The lowest BCUT2D eigenvalue weighted by atomic mass is 10.0. The number of halogens is 1. The second kappa shape index (κ2) is 6.26. The van der Waals surface area contributed by atoms with E-state index in [2.05, 4.69) is 47.2 Å². The second-order valence-electron chi connectivity index (χ2n) is 5.13. The highest BCUT2D eigenvalue weighted by atomic mass is 79.9. The molecule has 0 aromatic heterocycles. The van der Waals surface area contributed by atoms with Gasteiger partial charge in [0.05, 0.1) is 4.92 Å². The Morgan fingerprint density at radius 1 is 1.14 bits per heavy atom. The zero-order valence-electron chi connectivity index (χ0n) is 12.2. The van der Waals surface area contributed by atoms with Gasteiger partial charge in [0.2, 0.25) is 0 Å². The van der Waals surface area contributed by atoms with Crippen LogP contribution in [0.5, 0.6) is 0 Å². The van der Waals surface area contributed by atoms with Crippen LogP contribution in [0, 0.1) is 24.0 Å². The molecule has 0 aliphatic carbocycles. The minimum atomic E-state index is -0.384. The Morgan fingerprint density at radius 3 is 2.14 bits per heavy atom. The molecule has 1 unspecified atom stereocenters. The van der Waals surface area contributed by atoms with Crippen LogP contribution in [0.25, 0.3) is 0 Å². The molecule has 0 aliphatic rings. The molecule has 0 bridgehead atoms. The lowest BCUT2D eigenvalue weighted by Gasteiger charge is -2.19. The van der Waals surface area contributed by atoms with Gasteiger partial charge < -0.3 is 5.32 Å². The minimum absolute atomic E-state index is 0.0735. The topological polar surface area (TPSA) is 55.2 Å². The number of anilines is 1. The van der Waals surface area contributed by atoms with E-state index in [-0.39, 0.29) is 16.7 Å². The van der Waals surface area contributed by atoms with E-state index < -0.39 is 0 Å². The van der Waals surface area contributed by atoms with Crippen molar-refractivity contribution in [3.63, 3.8) is 0 Å². The Balaban J connectivity index is 2.22. The van der Waals surface area contributed by atoms with Crippen molar-refractivity contribution in [1.82, 2.24) is 0 Å². The Kier molecular flexibility index (Phi) is 4.63. The zero-order valence-corrected chi connectivity index (χ0v) is 13.8. The van der Waals surface area contributed by atoms with Crippen molar-refractivity contribution in [2.45, 2.75) is 26.8 Å². The van der Waals surface area contributed by atoms with Crippen LogP contribution < -0.4 is 5.32 Å². The molecule has 1 atom stereocenters. The monoisotopic (exact) mass is 348 g/mol. The van der Waals surface area contributed by atoms with Crippen molar-refractivity contribution in [2.75, 3.05) is 5.32 Å². The van der Waals surface area contributed by atoms with Crippen molar-refractivity contribution in [2.24, 2.45) is 0 Å². The van der Waals surface area contributed by atoms with Gasteiger partial charge in [-0.25, -0.2) is 0 Å². The highest BCUT2D eigenvalue weighted by Crippen LogP contribution is 2.29. The van der Waals surface area contributed by atoms with Crippen LogP contribution in [0.2, 0.25) is 0 Å². The molecule has 0 fully saturated rings. The molecule has 0 saturated carbocycles. The summed E-state index contributed by atoms with van der Waals surface area (Å²) in [5.41, 5.74) is 4.56. The molecule has 0 heterocycles. The molecule has 2 aromatic rings. The van der Waals surface area contributed by atoms with Crippen molar-refractivity contribution < 1.29 is 4.92 Å². The fraction of sp³-hybridized carbons (Fsp3) is 0.250. The van der Waals surface area contributed by atoms with Crippen molar-refractivity contribution >= 4 is 27.3 Å². The summed E-state index contributed by atoms with van der Waals surface area (Å²) in [7, 11) is 0. The van der Waals surface area contributed by atoms with E-state index in [1.165, 1.54) is 12.1 Å². The summed E-state index contributed by atoms with van der Waals surface area (Å²) in [5.74, 6) is 0. The van der Waals surface area contributed by atoms with Crippen LogP contribution in [0.1, 0.15) is 29.7 Å². The lowest BCUT2D eigenvalue weighted by Crippen LogP contribution is -2.09. The van der Waals surface area contributed by atoms with E-state index in [0.717, 1.165) is 26.9 Å². The highest BCUT2D eigenvalue weighted by molar-refractivity contribution is 9.10. The number of nitro benzene ring substituents is 1. The molecule has 0 aliphatic heterocycles. The third-order valence-corrected chi connectivity index (χ3v) is 3.92. The van der Waals surface area contributed by atoms with Crippen LogP contribution in [0.15, 0.2) is 40.9 Å². The van der Waals surface area contributed by atoms with Crippen LogP contribution >= 0.6 is 15.9 Å². The number of nitro groups is 1. The number of benzene rings is 2. The zero-order chi connectivity index (χ0) is 15.6. The maximum atomic E-state index is 10.7. The number of hydrogen-bond donors (Lipinski definition) is 1. The smallest absolute Gasteiger partial charge is 0.269 e. The van der Waals surface area contributed by atoms with Crippen molar-refractivity contribution in [3.8, 4) is 0 Å². The van der Waals surface area contributed by atoms with Crippen LogP contribution in [0.4, 0.5) is 11.4 Å². The first-order chi connectivity index (χ1) is 9.88. The Labute approximate surface area is 132 Å². The summed E-state index contributed by atoms with van der Waals surface area (Å²) < 4.78 is 1.06. The average molecular weight is 349 g/mol. The normalized spacial score (nSPS) is 12.0. The van der Waals surface area contributed by atoms with Gasteiger partial charge in [-0.1, -0.05) is 28.1 Å². The second-order valence-corrected chi connectivity index (χ2v) is 6.04. The summed E-state index contributed by atoms with van der Waals surface area (Å²) >= 11 is 3.49. The molecule has 2 aromatic carbocycles. The predicted octanol–water partition coefficient (Wildman–Crippen LogP) is 5.15. The Bertz CT molecular complexity index is 645. The number of hydrogen-bond acceptors (Lipinski definition) is 3. The Hall–Kier alpha value is -1.88. The van der Waals surface area contributed by atoms with Crippen LogP contribution in [0.3, 0.4) is 0 Å². The Morgan fingerprint density at radius 2 is 1.67 bits per heavy atom. The third-order valence-electron chi connectivity index (χ3n) is 3.46. The molecule has 0 radical (unpaired) electrons. The summed E-state index contributed by atoms with van der Waals surface area (Å²) in [5, 5.41) is 14.2. The molecular weight excluding hydrogens is 332 g/mol. The lowest BCUT2D eigenvalue weighted by molar-refractivity contribution is -0.384. The molecule has 1 N–H and O–H groups in total. The molecule has 0 amide bonds. The van der Waals surface area contributed by atoms with Crippen molar-refractivity contribution in [1.29, 1.82) is 0 Å². The largest absolute Gasteiger partial charge is 0.378 e. The maximum absolute atomic E-state index is 10.7. The van der Waals surface area contributed by atoms with Gasteiger partial charge in [0, 0.05) is 28.3 Å². The summed E-state index contributed by atoms with van der Waals surface area (Å²) in [6, 6.07) is 10.9. The van der Waals surface area contributed by atoms with Gasteiger partial charge in [-0.15, -0.1) is 0 Å². The fourth-order valence-corrected chi connectivity index (χ4v) is 3.01. The number of aryl methyl sites for hydroxylation is 2. The first kappa shape index (κ1) is 15.5. The molecule has 110 valence electrons. The highest BCUT2D eigenvalue weighted by Gasteiger charge is 2.11. The van der Waals surface area contributed by atoms with Crippen LogP contribution in [-0.4, -0.2) is 4.92 Å². The van der Waals surface area contributed by atoms with E-state index in [4.69, 9.17) is 0 Å². The van der Waals surface area contributed by atoms with Gasteiger partial charge in [0.1, 0.15) is 0 Å². The van der Waals surface area contributed by atoms with Gasteiger partial charge in [0.25, 0.3) is 5.69 Å². The molecule has 0 saturated heterocycles. The predicted molar refractivity (Wildman–Crippen MR) is 88.8 cm³/mol. The van der Waals surface area contributed by atoms with Gasteiger partial charge in [-0.2, -0.15) is 0 Å². The summed E-state index contributed by atoms with van der Waals surface area (Å²) in [6.07, 6.45) is 0. The average Bonchev–Trinajstić information content (AvgIpc) is 2.42. The van der Waals surface area contributed by atoms with Gasteiger partial charge >= 0.3 is 0 Å². The van der Waals surface area contributed by atoms with Crippen LogP contribution in [-0.2, 0) is 0 Å². The van der Waals surface area contributed by atoms with E-state index in [1.54, 1.807) is 12.1 Å². The number of rotatable bonds is 4. The molecule has 0 spiro atoms. The van der Waals surface area contributed by atoms with E-state index >= 15 is 0 Å². The molecule has 5 heteroatoms. The fourth-order valence-electron chi connectivity index (χ4n) is 2.32. The molecule has 4 nitrogen and oxygen atoms in total. The maximum Gasteiger partial charge on any atom is 0.269 e. The first-order valence-electron chi connectivity index (χ1n) is 6.66. The molecule has 21 heavy (non-hydrogen) atoms. The van der Waals surface area contributed by atoms with E-state index in [9.17, 15) is 10.1 Å². The first-order valence-corrected chi connectivity index (χ1v) is 7.45. The van der Waals surface area contributed by atoms with Gasteiger partial charge in [-0.05, 0) is 49.6 Å². The quantitative estimate of drug-likeness (QED) is 0.614. The summed E-state index contributed by atoms with van der Waals surface area (Å²) in [6.45, 7) is 6.16. The number of nitrogens with one attached hydrogen (secondary N) is 1. The van der Waals surface area contributed by atoms with Gasteiger partial charge in [-0.3, -0.25) is 10.1 Å². The summed E-state index contributed by atoms with van der Waals surface area (Å²) in [4.78, 5) is 10.3.